The zero-order valence-corrected chi connectivity index (χ0v) is 30.3. The second-order valence-electron chi connectivity index (χ2n) is 14.9. The molecule has 4 heterocycles. The number of aromatic nitrogens is 4. The number of ether oxygens (including phenoxy) is 2. The van der Waals surface area contributed by atoms with Crippen LogP contribution in [0, 0.1) is 11.3 Å². The number of imidazole rings is 2. The third kappa shape index (κ3) is 7.22. The second-order valence-corrected chi connectivity index (χ2v) is 14.9. The van der Waals surface area contributed by atoms with Gasteiger partial charge in [0, 0.05) is 13.1 Å². The van der Waals surface area contributed by atoms with E-state index in [0.717, 1.165) is 58.9 Å². The maximum atomic E-state index is 13.8. The highest BCUT2D eigenvalue weighted by atomic mass is 16.5. The first-order valence-corrected chi connectivity index (χ1v) is 17.6. The predicted octanol–water partition coefficient (Wildman–Crippen LogP) is 5.58. The van der Waals surface area contributed by atoms with Crippen LogP contribution in [0.3, 0.4) is 0 Å². The van der Waals surface area contributed by atoms with Crippen molar-refractivity contribution in [1.29, 1.82) is 0 Å². The third-order valence-corrected chi connectivity index (χ3v) is 9.99. The van der Waals surface area contributed by atoms with Crippen LogP contribution in [0.1, 0.15) is 84.0 Å². The summed E-state index contributed by atoms with van der Waals surface area (Å²) in [6, 6.07) is 10.2. The van der Waals surface area contributed by atoms with E-state index < -0.39 is 29.7 Å². The molecular formula is C37H48N8O6. The van der Waals surface area contributed by atoms with E-state index in [4.69, 9.17) is 19.4 Å². The first-order valence-electron chi connectivity index (χ1n) is 17.6. The number of benzene rings is 2. The van der Waals surface area contributed by atoms with Gasteiger partial charge in [0.25, 0.3) is 0 Å². The molecule has 4 aromatic rings. The third-order valence-electron chi connectivity index (χ3n) is 9.99. The van der Waals surface area contributed by atoms with Crippen molar-refractivity contribution in [1.82, 2.24) is 40.4 Å². The number of likely N-dealkylation sites (tertiary alicyclic amines) is 2. The molecule has 0 spiro atoms. The Morgan fingerprint density at radius 3 is 1.69 bits per heavy atom. The first kappa shape index (κ1) is 35.7. The maximum absolute atomic E-state index is 13.8. The van der Waals surface area contributed by atoms with Crippen molar-refractivity contribution in [2.45, 2.75) is 84.5 Å². The van der Waals surface area contributed by atoms with E-state index in [1.54, 1.807) is 4.90 Å². The van der Waals surface area contributed by atoms with Crippen LogP contribution >= 0.6 is 0 Å². The van der Waals surface area contributed by atoms with Crippen LogP contribution in [0.15, 0.2) is 36.4 Å². The Labute approximate surface area is 297 Å². The highest BCUT2D eigenvalue weighted by molar-refractivity contribution is 5.89. The number of aromatic amines is 2. The highest BCUT2D eigenvalue weighted by Crippen LogP contribution is 2.36. The molecule has 2 fully saturated rings. The summed E-state index contributed by atoms with van der Waals surface area (Å²) in [7, 11) is 2.57. The van der Waals surface area contributed by atoms with E-state index in [1.165, 1.54) is 14.2 Å². The van der Waals surface area contributed by atoms with Gasteiger partial charge < -0.3 is 39.9 Å². The Morgan fingerprint density at radius 1 is 0.765 bits per heavy atom. The molecule has 4 N–H and O–H groups in total. The number of H-pyrrole nitrogens is 2. The summed E-state index contributed by atoms with van der Waals surface area (Å²) in [4.78, 5) is 71.8. The van der Waals surface area contributed by atoms with Crippen LogP contribution in [-0.4, -0.2) is 93.1 Å². The average Bonchev–Trinajstić information content (AvgIpc) is 3.92. The molecule has 4 amide bonds. The van der Waals surface area contributed by atoms with E-state index in [-0.39, 0.29) is 29.8 Å². The summed E-state index contributed by atoms with van der Waals surface area (Å²) >= 11 is 0. The van der Waals surface area contributed by atoms with Gasteiger partial charge in [-0.15, -0.1) is 0 Å². The lowest BCUT2D eigenvalue weighted by Crippen LogP contribution is -2.54. The summed E-state index contributed by atoms with van der Waals surface area (Å²) in [6.45, 7) is 10.7. The summed E-state index contributed by atoms with van der Waals surface area (Å²) in [5, 5.41) is 5.43. The molecule has 14 nitrogen and oxygen atoms in total. The van der Waals surface area contributed by atoms with Crippen molar-refractivity contribution < 1.29 is 28.7 Å². The predicted molar refractivity (Wildman–Crippen MR) is 192 cm³/mol. The minimum atomic E-state index is -0.753. The quantitative estimate of drug-likeness (QED) is 0.184. The standard InChI is InChI=1S/C37H48N8O6/c1-20(2)29(42-35(48)50-6)33(46)44-16-8-10-27(44)31-38-23-14-12-21(18-25(23)40-31)22-13-15-24-26(19-22)41-32(39-24)28-11-9-17-45(28)34(47)30(37(3,4)5)43-36(49)51-7/h12-15,18-20,27-30H,8-11,16-17H2,1-7H3,(H,38,40)(H,39,41)(H,42,48)(H,43,49)/t27-,28-,29-,30+/m0/s1. The monoisotopic (exact) mass is 700 g/mol. The van der Waals surface area contributed by atoms with Crippen LogP contribution in [0.2, 0.25) is 0 Å². The second kappa shape index (κ2) is 14.2. The molecule has 14 heteroatoms. The fourth-order valence-electron chi connectivity index (χ4n) is 7.23. The molecule has 6 rings (SSSR count). The lowest BCUT2D eigenvalue weighted by Gasteiger charge is -2.34. The van der Waals surface area contributed by atoms with Crippen LogP contribution in [0.5, 0.6) is 0 Å². The number of nitrogens with one attached hydrogen (secondary N) is 4. The lowest BCUT2D eigenvalue weighted by molar-refractivity contribution is -0.137. The van der Waals surface area contributed by atoms with Crippen molar-refractivity contribution in [2.75, 3.05) is 27.3 Å². The Balaban J connectivity index is 1.22. The van der Waals surface area contributed by atoms with Gasteiger partial charge >= 0.3 is 12.2 Å². The van der Waals surface area contributed by atoms with Crippen molar-refractivity contribution >= 4 is 46.1 Å². The number of alkyl carbamates (subject to hydrolysis) is 2. The Bertz CT molecular complexity index is 1940. The molecule has 4 atom stereocenters. The molecule has 0 aliphatic carbocycles. The molecule has 0 radical (unpaired) electrons. The summed E-state index contributed by atoms with van der Waals surface area (Å²) < 4.78 is 9.56. The van der Waals surface area contributed by atoms with Gasteiger partial charge in [-0.2, -0.15) is 0 Å². The van der Waals surface area contributed by atoms with Crippen LogP contribution in [-0.2, 0) is 19.1 Å². The van der Waals surface area contributed by atoms with Crippen molar-refractivity contribution in [3.05, 3.63) is 48.0 Å². The molecule has 51 heavy (non-hydrogen) atoms. The van der Waals surface area contributed by atoms with Gasteiger partial charge in [-0.3, -0.25) is 9.59 Å². The maximum Gasteiger partial charge on any atom is 0.407 e. The van der Waals surface area contributed by atoms with E-state index in [1.807, 2.05) is 63.8 Å². The van der Waals surface area contributed by atoms with E-state index in [2.05, 4.69) is 32.7 Å². The molecule has 0 bridgehead atoms. The van der Waals surface area contributed by atoms with E-state index in [9.17, 15) is 19.2 Å². The number of nitrogens with zero attached hydrogens (tertiary/aromatic N) is 4. The summed E-state index contributed by atoms with van der Waals surface area (Å²) in [5.41, 5.74) is 4.75. The first-order chi connectivity index (χ1) is 24.3. The van der Waals surface area contributed by atoms with Crippen molar-refractivity contribution in [2.24, 2.45) is 11.3 Å². The van der Waals surface area contributed by atoms with Gasteiger partial charge in [0.05, 0.1) is 48.4 Å². The van der Waals surface area contributed by atoms with Gasteiger partial charge in [-0.25, -0.2) is 19.6 Å². The van der Waals surface area contributed by atoms with Gasteiger partial charge in [-0.05, 0) is 72.4 Å². The largest absolute Gasteiger partial charge is 0.453 e. The van der Waals surface area contributed by atoms with Gasteiger partial charge in [0.1, 0.15) is 23.7 Å². The normalized spacial score (nSPS) is 19.1. The molecule has 2 aliphatic heterocycles. The number of methoxy groups -OCH3 is 2. The minimum Gasteiger partial charge on any atom is -0.453 e. The van der Waals surface area contributed by atoms with Crippen LogP contribution in [0.4, 0.5) is 9.59 Å². The molecule has 2 aromatic heterocycles. The molecule has 2 aliphatic rings. The van der Waals surface area contributed by atoms with Crippen LogP contribution in [0.25, 0.3) is 33.2 Å². The molecule has 0 saturated carbocycles. The topological polar surface area (TPSA) is 175 Å². The fourth-order valence-corrected chi connectivity index (χ4v) is 7.23. The fraction of sp³-hybridized carbons (Fsp3) is 0.514. The van der Waals surface area contributed by atoms with Gasteiger partial charge in [0.2, 0.25) is 11.8 Å². The number of rotatable bonds is 8. The van der Waals surface area contributed by atoms with E-state index in [0.29, 0.717) is 24.7 Å². The lowest BCUT2D eigenvalue weighted by atomic mass is 9.85. The number of fused-ring (bicyclic) bond motifs is 2. The Kier molecular flexibility index (Phi) is 9.96. The molecular weight excluding hydrogens is 652 g/mol. The number of carbonyl (C=O) groups is 4. The highest BCUT2D eigenvalue weighted by Gasteiger charge is 2.41. The van der Waals surface area contributed by atoms with E-state index >= 15 is 0 Å². The smallest absolute Gasteiger partial charge is 0.407 e. The average molecular weight is 701 g/mol. The van der Waals surface area contributed by atoms with Gasteiger partial charge in [0.15, 0.2) is 0 Å². The molecule has 0 unspecified atom stereocenters. The summed E-state index contributed by atoms with van der Waals surface area (Å²) in [5.74, 6) is 1.00. The summed E-state index contributed by atoms with van der Waals surface area (Å²) in [6.07, 6.45) is 1.92. The number of carbonyl (C=O) groups excluding carboxylic acids is 4. The zero-order valence-electron chi connectivity index (χ0n) is 30.3. The Hall–Kier alpha value is -5.14. The van der Waals surface area contributed by atoms with Crippen LogP contribution < -0.4 is 10.6 Å². The number of hydrogen-bond donors (Lipinski definition) is 4. The Morgan fingerprint density at radius 2 is 1.24 bits per heavy atom. The zero-order chi connectivity index (χ0) is 36.6. The number of hydrogen-bond acceptors (Lipinski definition) is 8. The molecule has 2 saturated heterocycles. The minimum absolute atomic E-state index is 0.116. The molecule has 272 valence electrons. The van der Waals surface area contributed by atoms with Crippen molar-refractivity contribution in [3.63, 3.8) is 0 Å². The number of amides is 4. The van der Waals surface area contributed by atoms with Crippen molar-refractivity contribution in [3.8, 4) is 11.1 Å². The molecule has 2 aromatic carbocycles. The van der Waals surface area contributed by atoms with Gasteiger partial charge in [-0.1, -0.05) is 46.8 Å². The SMILES string of the molecule is COC(=O)N[C@H](C(=O)N1CCC[C@H]1c1nc2ccc(-c3ccc4nc([C@@H]5CCCN5C(=O)[C@@H](NC(=O)OC)C(C)(C)C)[nH]c4c3)cc2[nH]1)C(C)C.